The molecule has 0 aliphatic carbocycles. The van der Waals surface area contributed by atoms with E-state index in [1.54, 1.807) is 32.2 Å². The minimum atomic E-state index is -0.312. The van der Waals surface area contributed by atoms with Crippen molar-refractivity contribution in [1.82, 2.24) is 9.97 Å². The second-order valence-corrected chi connectivity index (χ2v) is 5.60. The molecule has 0 saturated carbocycles. The lowest BCUT2D eigenvalue weighted by Gasteiger charge is -2.12. The lowest BCUT2D eigenvalue weighted by molar-refractivity contribution is 0.0940. The van der Waals surface area contributed by atoms with E-state index in [-0.39, 0.29) is 17.6 Å². The zero-order valence-corrected chi connectivity index (χ0v) is 13.2. The fraction of sp³-hybridized carbons (Fsp3) is 0.200. The molecule has 1 N–H and O–H groups in total. The first-order valence-electron chi connectivity index (χ1n) is 6.39. The summed E-state index contributed by atoms with van der Waals surface area (Å²) in [6, 6.07) is 3.22. The summed E-state index contributed by atoms with van der Waals surface area (Å²) in [6.07, 6.45) is 6.09. The van der Waals surface area contributed by atoms with Gasteiger partial charge in [-0.25, -0.2) is 0 Å². The standard InChI is InChI=1S/C15H14BrN3O2/c1-9(2)14(20)11-7-17-6-4-13(11)19-15(21)10-3-5-18-8-12(10)16/h3-9H,1-2H3,(H,17,19,21). The van der Waals surface area contributed by atoms with Gasteiger partial charge in [-0.1, -0.05) is 13.8 Å². The maximum Gasteiger partial charge on any atom is 0.256 e. The molecule has 0 atom stereocenters. The quantitative estimate of drug-likeness (QED) is 0.861. The molecule has 2 aromatic heterocycles. The number of carbonyl (C=O) groups is 2. The van der Waals surface area contributed by atoms with E-state index in [9.17, 15) is 9.59 Å². The van der Waals surface area contributed by atoms with Crippen LogP contribution in [0.1, 0.15) is 34.6 Å². The number of nitrogens with one attached hydrogen (secondary N) is 1. The van der Waals surface area contributed by atoms with Gasteiger partial charge in [0, 0.05) is 35.2 Å². The van der Waals surface area contributed by atoms with Crippen LogP contribution in [-0.2, 0) is 0 Å². The van der Waals surface area contributed by atoms with Gasteiger partial charge in [0.05, 0.1) is 16.8 Å². The van der Waals surface area contributed by atoms with Gasteiger partial charge in [-0.05, 0) is 28.1 Å². The van der Waals surface area contributed by atoms with Crippen LogP contribution < -0.4 is 5.32 Å². The van der Waals surface area contributed by atoms with Crippen LogP contribution in [-0.4, -0.2) is 21.7 Å². The van der Waals surface area contributed by atoms with E-state index < -0.39 is 0 Å². The average molecular weight is 348 g/mol. The third-order valence-corrected chi connectivity index (χ3v) is 3.51. The van der Waals surface area contributed by atoms with Crippen LogP contribution in [0.15, 0.2) is 41.4 Å². The van der Waals surface area contributed by atoms with Gasteiger partial charge in [-0.3, -0.25) is 19.6 Å². The van der Waals surface area contributed by atoms with Crippen molar-refractivity contribution in [2.45, 2.75) is 13.8 Å². The van der Waals surface area contributed by atoms with Crippen LogP contribution >= 0.6 is 15.9 Å². The average Bonchev–Trinajstić information content (AvgIpc) is 2.47. The van der Waals surface area contributed by atoms with Gasteiger partial charge < -0.3 is 5.32 Å². The Hall–Kier alpha value is -2.08. The Morgan fingerprint density at radius 1 is 1.10 bits per heavy atom. The highest BCUT2D eigenvalue weighted by atomic mass is 79.9. The van der Waals surface area contributed by atoms with E-state index in [2.05, 4.69) is 31.2 Å². The fourth-order valence-corrected chi connectivity index (χ4v) is 2.19. The number of pyridine rings is 2. The van der Waals surface area contributed by atoms with E-state index in [1.165, 1.54) is 18.6 Å². The van der Waals surface area contributed by atoms with Crippen molar-refractivity contribution in [2.75, 3.05) is 5.32 Å². The predicted octanol–water partition coefficient (Wildman–Crippen LogP) is 3.33. The topological polar surface area (TPSA) is 72.0 Å². The first-order chi connectivity index (χ1) is 10.0. The van der Waals surface area contributed by atoms with E-state index >= 15 is 0 Å². The molecule has 2 heterocycles. The van der Waals surface area contributed by atoms with Crippen molar-refractivity contribution in [1.29, 1.82) is 0 Å². The summed E-state index contributed by atoms with van der Waals surface area (Å²) in [4.78, 5) is 32.3. The summed E-state index contributed by atoms with van der Waals surface area (Å²) in [5, 5.41) is 2.75. The third-order valence-electron chi connectivity index (χ3n) is 2.88. The number of hydrogen-bond acceptors (Lipinski definition) is 4. The highest BCUT2D eigenvalue weighted by molar-refractivity contribution is 9.10. The number of nitrogens with zero attached hydrogens (tertiary/aromatic N) is 2. The molecule has 1 amide bonds. The summed E-state index contributed by atoms with van der Waals surface area (Å²) in [6.45, 7) is 3.61. The van der Waals surface area contributed by atoms with Gasteiger partial charge in [-0.2, -0.15) is 0 Å². The third kappa shape index (κ3) is 3.52. The minimum Gasteiger partial charge on any atom is -0.321 e. The van der Waals surface area contributed by atoms with Crippen molar-refractivity contribution in [3.8, 4) is 0 Å². The predicted molar refractivity (Wildman–Crippen MR) is 83.3 cm³/mol. The maximum absolute atomic E-state index is 12.3. The van der Waals surface area contributed by atoms with Crippen molar-refractivity contribution in [3.63, 3.8) is 0 Å². The molecule has 108 valence electrons. The second-order valence-electron chi connectivity index (χ2n) is 4.75. The van der Waals surface area contributed by atoms with Crippen LogP contribution in [0.4, 0.5) is 5.69 Å². The molecule has 0 fully saturated rings. The van der Waals surface area contributed by atoms with Gasteiger partial charge in [0.25, 0.3) is 5.91 Å². The Kier molecular flexibility index (Phi) is 4.80. The molecule has 0 saturated heterocycles. The number of aromatic nitrogens is 2. The molecule has 0 aliphatic heterocycles. The van der Waals surface area contributed by atoms with Crippen LogP contribution in [0.2, 0.25) is 0 Å². The van der Waals surface area contributed by atoms with Crippen LogP contribution in [0.5, 0.6) is 0 Å². The second kappa shape index (κ2) is 6.58. The molecule has 2 aromatic rings. The Morgan fingerprint density at radius 3 is 2.43 bits per heavy atom. The molecule has 0 aliphatic rings. The van der Waals surface area contributed by atoms with Crippen molar-refractivity contribution in [2.24, 2.45) is 5.92 Å². The first-order valence-corrected chi connectivity index (χ1v) is 7.19. The van der Waals surface area contributed by atoms with Gasteiger partial charge in [0.15, 0.2) is 5.78 Å². The van der Waals surface area contributed by atoms with E-state index in [1.807, 2.05) is 0 Å². The minimum absolute atomic E-state index is 0.0628. The summed E-state index contributed by atoms with van der Waals surface area (Å²) in [7, 11) is 0. The monoisotopic (exact) mass is 347 g/mol. The van der Waals surface area contributed by atoms with Crippen molar-refractivity contribution in [3.05, 3.63) is 52.5 Å². The van der Waals surface area contributed by atoms with Gasteiger partial charge in [-0.15, -0.1) is 0 Å². The molecule has 0 bridgehead atoms. The molecule has 6 heteroatoms. The highest BCUT2D eigenvalue weighted by Gasteiger charge is 2.17. The molecule has 0 aromatic carbocycles. The number of amides is 1. The molecule has 21 heavy (non-hydrogen) atoms. The van der Waals surface area contributed by atoms with Crippen molar-refractivity contribution >= 4 is 33.3 Å². The molecule has 2 rings (SSSR count). The summed E-state index contributed by atoms with van der Waals surface area (Å²) in [5.41, 5.74) is 1.31. The summed E-state index contributed by atoms with van der Waals surface area (Å²) >= 11 is 3.28. The molecule has 0 spiro atoms. The molecule has 0 unspecified atom stereocenters. The molecular weight excluding hydrogens is 334 g/mol. The summed E-state index contributed by atoms with van der Waals surface area (Å²) < 4.78 is 0.591. The Bertz CT molecular complexity index is 686. The number of rotatable bonds is 4. The lowest BCUT2D eigenvalue weighted by Crippen LogP contribution is -2.17. The summed E-state index contributed by atoms with van der Waals surface area (Å²) in [5.74, 6) is -0.544. The molecule has 5 nitrogen and oxygen atoms in total. The number of ketones is 1. The van der Waals surface area contributed by atoms with E-state index in [0.29, 0.717) is 21.3 Å². The van der Waals surface area contributed by atoms with E-state index in [0.717, 1.165) is 0 Å². The normalized spacial score (nSPS) is 10.5. The SMILES string of the molecule is CC(C)C(=O)c1cnccc1NC(=O)c1ccncc1Br. The Morgan fingerprint density at radius 2 is 1.76 bits per heavy atom. The van der Waals surface area contributed by atoms with Crippen LogP contribution in [0, 0.1) is 5.92 Å². The molecule has 0 radical (unpaired) electrons. The Balaban J connectivity index is 2.30. The number of anilines is 1. The van der Waals surface area contributed by atoms with Gasteiger partial charge in [0.1, 0.15) is 0 Å². The van der Waals surface area contributed by atoms with Gasteiger partial charge in [0.2, 0.25) is 0 Å². The maximum atomic E-state index is 12.3. The number of halogens is 1. The van der Waals surface area contributed by atoms with E-state index in [4.69, 9.17) is 0 Å². The largest absolute Gasteiger partial charge is 0.321 e. The molecular formula is C15H14BrN3O2. The fourth-order valence-electron chi connectivity index (χ4n) is 1.76. The number of Topliss-reactive ketones (excluding diaryl/α,β-unsaturated/α-hetero) is 1. The smallest absolute Gasteiger partial charge is 0.256 e. The Labute approximate surface area is 130 Å². The zero-order valence-electron chi connectivity index (χ0n) is 11.6. The lowest BCUT2D eigenvalue weighted by atomic mass is 10.0. The highest BCUT2D eigenvalue weighted by Crippen LogP contribution is 2.21. The van der Waals surface area contributed by atoms with Crippen molar-refractivity contribution < 1.29 is 9.59 Å². The number of hydrogen-bond donors (Lipinski definition) is 1. The zero-order chi connectivity index (χ0) is 15.4. The van der Waals surface area contributed by atoms with Gasteiger partial charge >= 0.3 is 0 Å². The first kappa shape index (κ1) is 15.3. The van der Waals surface area contributed by atoms with Crippen LogP contribution in [0.3, 0.4) is 0 Å². The number of carbonyl (C=O) groups excluding carboxylic acids is 2. The van der Waals surface area contributed by atoms with Crippen LogP contribution in [0.25, 0.3) is 0 Å².